The van der Waals surface area contributed by atoms with E-state index in [1.54, 1.807) is 11.0 Å². The minimum atomic E-state index is -0.0145. The number of hydrogen-bond donors (Lipinski definition) is 0. The second-order valence-electron chi connectivity index (χ2n) is 4.01. The van der Waals surface area contributed by atoms with E-state index in [2.05, 4.69) is 13.5 Å². The van der Waals surface area contributed by atoms with Gasteiger partial charge in [0.15, 0.2) is 6.61 Å². The maximum Gasteiger partial charge on any atom is 0.260 e. The fourth-order valence-corrected chi connectivity index (χ4v) is 1.65. The molecule has 0 aromatic heterocycles. The Hall–Kier alpha value is -1.77. The SMILES string of the molecule is C=CCN(CC)C(=O)COc1cccc(CC)c1. The molecule has 0 saturated heterocycles. The molecule has 0 aliphatic heterocycles. The third-order valence-corrected chi connectivity index (χ3v) is 2.75. The number of benzene rings is 1. The largest absolute Gasteiger partial charge is 0.484 e. The van der Waals surface area contributed by atoms with Gasteiger partial charge in [-0.1, -0.05) is 25.1 Å². The van der Waals surface area contributed by atoms with Gasteiger partial charge in [0.05, 0.1) is 0 Å². The molecule has 0 radical (unpaired) electrons. The zero-order valence-electron chi connectivity index (χ0n) is 11.2. The van der Waals surface area contributed by atoms with Crippen LogP contribution >= 0.6 is 0 Å². The standard InChI is InChI=1S/C15H21NO2/c1-4-10-16(6-3)15(17)12-18-14-9-7-8-13(5-2)11-14/h4,7-9,11H,1,5-6,10,12H2,2-3H3. The molecule has 0 bridgehead atoms. The Labute approximate surface area is 109 Å². The Bertz CT molecular complexity index is 401. The van der Waals surface area contributed by atoms with Crippen LogP contribution in [0.1, 0.15) is 19.4 Å². The molecule has 1 aromatic rings. The summed E-state index contributed by atoms with van der Waals surface area (Å²) in [6.45, 7) is 8.98. The average Bonchev–Trinajstić information content (AvgIpc) is 2.42. The first-order valence-corrected chi connectivity index (χ1v) is 6.31. The summed E-state index contributed by atoms with van der Waals surface area (Å²) in [5.74, 6) is 0.733. The highest BCUT2D eigenvalue weighted by atomic mass is 16.5. The zero-order chi connectivity index (χ0) is 13.4. The lowest BCUT2D eigenvalue weighted by molar-refractivity contribution is -0.132. The summed E-state index contributed by atoms with van der Waals surface area (Å²) >= 11 is 0. The summed E-state index contributed by atoms with van der Waals surface area (Å²) in [4.78, 5) is 13.6. The average molecular weight is 247 g/mol. The second kappa shape index (κ2) is 7.54. The fourth-order valence-electron chi connectivity index (χ4n) is 1.65. The molecule has 1 amide bonds. The Morgan fingerprint density at radius 2 is 2.22 bits per heavy atom. The minimum Gasteiger partial charge on any atom is -0.484 e. The summed E-state index contributed by atoms with van der Waals surface area (Å²) in [5.41, 5.74) is 1.21. The number of nitrogens with zero attached hydrogens (tertiary/aromatic N) is 1. The van der Waals surface area contributed by atoms with Crippen molar-refractivity contribution in [3.8, 4) is 5.75 Å². The molecule has 0 atom stereocenters. The molecule has 1 rings (SSSR count). The van der Waals surface area contributed by atoms with E-state index >= 15 is 0 Å². The molecule has 0 heterocycles. The highest BCUT2D eigenvalue weighted by molar-refractivity contribution is 5.77. The van der Waals surface area contributed by atoms with Crippen LogP contribution < -0.4 is 4.74 Å². The molecule has 0 N–H and O–H groups in total. The highest BCUT2D eigenvalue weighted by Gasteiger charge is 2.10. The molecule has 0 fully saturated rings. The third-order valence-electron chi connectivity index (χ3n) is 2.75. The fraction of sp³-hybridized carbons (Fsp3) is 0.400. The first-order valence-electron chi connectivity index (χ1n) is 6.31. The molecule has 3 nitrogen and oxygen atoms in total. The van der Waals surface area contributed by atoms with E-state index in [1.165, 1.54) is 5.56 Å². The quantitative estimate of drug-likeness (QED) is 0.693. The van der Waals surface area contributed by atoms with Crippen molar-refractivity contribution in [2.75, 3.05) is 19.7 Å². The molecule has 98 valence electrons. The number of ether oxygens (including phenoxy) is 1. The smallest absolute Gasteiger partial charge is 0.260 e. The van der Waals surface area contributed by atoms with Gasteiger partial charge in [0, 0.05) is 13.1 Å². The maximum atomic E-state index is 11.8. The first-order chi connectivity index (χ1) is 8.71. The number of carbonyl (C=O) groups excluding carboxylic acids is 1. The molecule has 1 aromatic carbocycles. The van der Waals surface area contributed by atoms with Crippen LogP contribution in [0, 0.1) is 0 Å². The van der Waals surface area contributed by atoms with E-state index in [0.717, 1.165) is 12.2 Å². The molecule has 0 unspecified atom stereocenters. The predicted molar refractivity (Wildman–Crippen MR) is 73.8 cm³/mol. The van der Waals surface area contributed by atoms with E-state index in [4.69, 9.17) is 4.74 Å². The second-order valence-corrected chi connectivity index (χ2v) is 4.01. The van der Waals surface area contributed by atoms with E-state index in [1.807, 2.05) is 31.2 Å². The Morgan fingerprint density at radius 3 is 2.83 bits per heavy atom. The van der Waals surface area contributed by atoms with E-state index in [-0.39, 0.29) is 12.5 Å². The van der Waals surface area contributed by atoms with Crippen molar-refractivity contribution >= 4 is 5.91 Å². The number of carbonyl (C=O) groups is 1. The highest BCUT2D eigenvalue weighted by Crippen LogP contribution is 2.13. The van der Waals surface area contributed by atoms with Gasteiger partial charge < -0.3 is 9.64 Å². The summed E-state index contributed by atoms with van der Waals surface area (Å²) in [5, 5.41) is 0. The molecule has 0 aliphatic carbocycles. The molecule has 3 heteroatoms. The third kappa shape index (κ3) is 4.24. The van der Waals surface area contributed by atoms with Crippen molar-refractivity contribution in [3.05, 3.63) is 42.5 Å². The van der Waals surface area contributed by atoms with Crippen molar-refractivity contribution in [2.24, 2.45) is 0 Å². The monoisotopic (exact) mass is 247 g/mol. The molecule has 0 aliphatic rings. The van der Waals surface area contributed by atoms with Gasteiger partial charge >= 0.3 is 0 Å². The van der Waals surface area contributed by atoms with Crippen LogP contribution in [-0.4, -0.2) is 30.5 Å². The van der Waals surface area contributed by atoms with Gasteiger partial charge in [0.2, 0.25) is 0 Å². The topological polar surface area (TPSA) is 29.5 Å². The van der Waals surface area contributed by atoms with Crippen LogP contribution in [0.3, 0.4) is 0 Å². The Morgan fingerprint density at radius 1 is 1.44 bits per heavy atom. The summed E-state index contributed by atoms with van der Waals surface area (Å²) in [6, 6.07) is 7.83. The van der Waals surface area contributed by atoms with Crippen molar-refractivity contribution in [2.45, 2.75) is 20.3 Å². The summed E-state index contributed by atoms with van der Waals surface area (Å²) in [7, 11) is 0. The predicted octanol–water partition coefficient (Wildman–Crippen LogP) is 2.66. The number of rotatable bonds is 7. The van der Waals surface area contributed by atoms with Crippen LogP contribution in [0.2, 0.25) is 0 Å². The number of amides is 1. The zero-order valence-corrected chi connectivity index (χ0v) is 11.2. The van der Waals surface area contributed by atoms with E-state index in [9.17, 15) is 4.79 Å². The van der Waals surface area contributed by atoms with Crippen LogP contribution in [0.5, 0.6) is 5.75 Å². The van der Waals surface area contributed by atoms with Crippen molar-refractivity contribution < 1.29 is 9.53 Å². The molecule has 18 heavy (non-hydrogen) atoms. The summed E-state index contributed by atoms with van der Waals surface area (Å²) < 4.78 is 5.51. The van der Waals surface area contributed by atoms with Gasteiger partial charge in [-0.25, -0.2) is 0 Å². The Kier molecular flexibility index (Phi) is 5.98. The van der Waals surface area contributed by atoms with E-state index in [0.29, 0.717) is 13.1 Å². The Balaban J connectivity index is 2.53. The molecular weight excluding hydrogens is 226 g/mol. The first kappa shape index (κ1) is 14.3. The van der Waals surface area contributed by atoms with Crippen molar-refractivity contribution in [1.82, 2.24) is 4.90 Å². The molecule has 0 spiro atoms. The lowest BCUT2D eigenvalue weighted by Crippen LogP contribution is -2.34. The van der Waals surface area contributed by atoms with Gasteiger partial charge in [-0.2, -0.15) is 0 Å². The van der Waals surface area contributed by atoms with Gasteiger partial charge in [-0.3, -0.25) is 4.79 Å². The van der Waals surface area contributed by atoms with Crippen molar-refractivity contribution in [1.29, 1.82) is 0 Å². The van der Waals surface area contributed by atoms with Crippen LogP contribution in [0.15, 0.2) is 36.9 Å². The van der Waals surface area contributed by atoms with Crippen molar-refractivity contribution in [3.63, 3.8) is 0 Å². The molecule has 0 saturated carbocycles. The van der Waals surface area contributed by atoms with Gasteiger partial charge in [0.1, 0.15) is 5.75 Å². The number of aryl methyl sites for hydroxylation is 1. The van der Waals surface area contributed by atoms with Crippen LogP contribution in [-0.2, 0) is 11.2 Å². The lowest BCUT2D eigenvalue weighted by atomic mass is 10.2. The van der Waals surface area contributed by atoms with Gasteiger partial charge in [-0.05, 0) is 31.0 Å². The minimum absolute atomic E-state index is 0.0145. The normalized spacial score (nSPS) is 9.89. The van der Waals surface area contributed by atoms with E-state index < -0.39 is 0 Å². The summed E-state index contributed by atoms with van der Waals surface area (Å²) in [6.07, 6.45) is 2.68. The van der Waals surface area contributed by atoms with Gasteiger partial charge in [0.25, 0.3) is 5.91 Å². The van der Waals surface area contributed by atoms with Crippen LogP contribution in [0.25, 0.3) is 0 Å². The maximum absolute atomic E-state index is 11.8. The van der Waals surface area contributed by atoms with Crippen LogP contribution in [0.4, 0.5) is 0 Å². The van der Waals surface area contributed by atoms with Gasteiger partial charge in [-0.15, -0.1) is 6.58 Å². The number of likely N-dealkylation sites (N-methyl/N-ethyl adjacent to an activating group) is 1. The molecular formula is C15H21NO2. The lowest BCUT2D eigenvalue weighted by Gasteiger charge is -2.19. The number of hydrogen-bond acceptors (Lipinski definition) is 2.